The first-order valence-electron chi connectivity index (χ1n) is 4.69. The first kappa shape index (κ1) is 6.66. The summed E-state index contributed by atoms with van der Waals surface area (Å²) in [7, 11) is 0. The van der Waals surface area contributed by atoms with E-state index in [4.69, 9.17) is 0 Å². The average Bonchev–Trinajstić information content (AvgIpc) is 2.81. The van der Waals surface area contributed by atoms with Gasteiger partial charge in [0.15, 0.2) is 0 Å². The lowest BCUT2D eigenvalue weighted by molar-refractivity contribution is 0.490. The van der Waals surface area contributed by atoms with E-state index in [-0.39, 0.29) is 0 Å². The van der Waals surface area contributed by atoms with Gasteiger partial charge < -0.3 is 10.3 Å². The minimum Gasteiger partial charge on any atom is -0.348 e. The van der Waals surface area contributed by atoms with E-state index in [2.05, 4.69) is 15.3 Å². The zero-order valence-electron chi connectivity index (χ0n) is 6.96. The molecule has 2 saturated heterocycles. The van der Waals surface area contributed by atoms with Crippen LogP contribution in [0.1, 0.15) is 31.0 Å². The number of nitrogens with zero attached hydrogens (tertiary/aromatic N) is 1. The number of H-pyrrole nitrogens is 1. The van der Waals surface area contributed by atoms with Crippen molar-refractivity contribution >= 4 is 0 Å². The van der Waals surface area contributed by atoms with Gasteiger partial charge in [-0.15, -0.1) is 0 Å². The molecule has 1 aromatic heterocycles. The van der Waals surface area contributed by atoms with E-state index in [1.165, 1.54) is 25.1 Å². The molecule has 3 nitrogen and oxygen atoms in total. The van der Waals surface area contributed by atoms with Crippen molar-refractivity contribution < 1.29 is 0 Å². The van der Waals surface area contributed by atoms with Crippen LogP contribution in [0.2, 0.25) is 0 Å². The van der Waals surface area contributed by atoms with Gasteiger partial charge in [-0.1, -0.05) is 0 Å². The van der Waals surface area contributed by atoms with Crippen LogP contribution in [0.25, 0.3) is 0 Å². The lowest BCUT2D eigenvalue weighted by Crippen LogP contribution is -2.22. The smallest absolute Gasteiger partial charge is 0.110 e. The summed E-state index contributed by atoms with van der Waals surface area (Å²) < 4.78 is 0. The molecular weight excluding hydrogens is 150 g/mol. The summed E-state index contributed by atoms with van der Waals surface area (Å²) in [5.74, 6) is 1.83. The molecule has 3 rings (SSSR count). The molecule has 0 amide bonds. The second-order valence-corrected chi connectivity index (χ2v) is 3.86. The summed E-state index contributed by atoms with van der Waals surface area (Å²) in [6.45, 7) is 0. The maximum Gasteiger partial charge on any atom is 0.110 e. The molecule has 3 heterocycles. The lowest BCUT2D eigenvalue weighted by Gasteiger charge is -2.17. The predicted molar refractivity (Wildman–Crippen MR) is 45.9 cm³/mol. The maximum atomic E-state index is 4.32. The molecule has 2 fully saturated rings. The molecule has 3 unspecified atom stereocenters. The molecule has 2 aliphatic heterocycles. The minimum atomic E-state index is 0.652. The molecule has 2 N–H and O–H groups in total. The van der Waals surface area contributed by atoms with Crippen LogP contribution >= 0.6 is 0 Å². The van der Waals surface area contributed by atoms with Crippen LogP contribution < -0.4 is 5.32 Å². The van der Waals surface area contributed by atoms with Crippen molar-refractivity contribution in [3.8, 4) is 0 Å². The second kappa shape index (κ2) is 2.33. The number of nitrogens with one attached hydrogen (secondary N) is 2. The van der Waals surface area contributed by atoms with Gasteiger partial charge in [0, 0.05) is 30.4 Å². The minimum absolute atomic E-state index is 0.652. The van der Waals surface area contributed by atoms with Crippen LogP contribution in [0.5, 0.6) is 0 Å². The average molecular weight is 163 g/mol. The number of imidazole rings is 1. The van der Waals surface area contributed by atoms with E-state index in [1.54, 1.807) is 0 Å². The first-order chi connectivity index (χ1) is 5.93. The first-order valence-corrected chi connectivity index (χ1v) is 4.69. The van der Waals surface area contributed by atoms with Crippen molar-refractivity contribution in [2.75, 3.05) is 0 Å². The number of hydrogen-bond donors (Lipinski definition) is 2. The molecule has 0 radical (unpaired) electrons. The predicted octanol–water partition coefficient (Wildman–Crippen LogP) is 1.02. The summed E-state index contributed by atoms with van der Waals surface area (Å²) in [5, 5.41) is 3.61. The van der Waals surface area contributed by atoms with Gasteiger partial charge in [0.05, 0.1) is 0 Å². The zero-order valence-corrected chi connectivity index (χ0v) is 6.96. The highest BCUT2D eigenvalue weighted by Crippen LogP contribution is 2.38. The largest absolute Gasteiger partial charge is 0.348 e. The quantitative estimate of drug-likeness (QED) is 0.649. The third-order valence-corrected chi connectivity index (χ3v) is 3.17. The van der Waals surface area contributed by atoms with Gasteiger partial charge >= 0.3 is 0 Å². The van der Waals surface area contributed by atoms with Gasteiger partial charge in [-0.2, -0.15) is 0 Å². The number of fused-ring (bicyclic) bond motifs is 2. The number of hydrogen-bond acceptors (Lipinski definition) is 2. The summed E-state index contributed by atoms with van der Waals surface area (Å²) >= 11 is 0. The molecule has 12 heavy (non-hydrogen) atoms. The SMILES string of the molecule is c1c[nH]c(C2CC3CCC2N3)n1. The van der Waals surface area contributed by atoms with Gasteiger partial charge in [0.1, 0.15) is 5.82 Å². The zero-order chi connectivity index (χ0) is 7.97. The van der Waals surface area contributed by atoms with Crippen molar-refractivity contribution in [1.29, 1.82) is 0 Å². The highest BCUT2D eigenvalue weighted by molar-refractivity contribution is 5.11. The van der Waals surface area contributed by atoms with Gasteiger partial charge in [0.2, 0.25) is 0 Å². The number of aromatic nitrogens is 2. The molecule has 3 atom stereocenters. The Morgan fingerprint density at radius 2 is 2.42 bits per heavy atom. The van der Waals surface area contributed by atoms with Crippen LogP contribution in [-0.4, -0.2) is 22.1 Å². The van der Waals surface area contributed by atoms with Crippen molar-refractivity contribution in [1.82, 2.24) is 15.3 Å². The monoisotopic (exact) mass is 163 g/mol. The maximum absolute atomic E-state index is 4.32. The van der Waals surface area contributed by atoms with E-state index in [0.29, 0.717) is 12.0 Å². The highest BCUT2D eigenvalue weighted by Gasteiger charge is 2.40. The van der Waals surface area contributed by atoms with Crippen molar-refractivity contribution in [2.45, 2.75) is 37.3 Å². The summed E-state index contributed by atoms with van der Waals surface area (Å²) in [4.78, 5) is 7.53. The highest BCUT2D eigenvalue weighted by atomic mass is 15.1. The summed E-state index contributed by atoms with van der Waals surface area (Å²) in [6.07, 6.45) is 7.73. The van der Waals surface area contributed by atoms with Crippen LogP contribution in [0.15, 0.2) is 12.4 Å². The topological polar surface area (TPSA) is 40.7 Å². The fourth-order valence-corrected chi connectivity index (χ4v) is 2.61. The molecule has 2 bridgehead atoms. The fourth-order valence-electron chi connectivity index (χ4n) is 2.61. The second-order valence-electron chi connectivity index (χ2n) is 3.86. The molecule has 0 saturated carbocycles. The van der Waals surface area contributed by atoms with E-state index in [1.807, 2.05) is 12.4 Å². The number of aromatic amines is 1. The molecule has 3 heteroatoms. The number of rotatable bonds is 1. The Morgan fingerprint density at radius 3 is 3.00 bits per heavy atom. The van der Waals surface area contributed by atoms with Crippen LogP contribution in [0.3, 0.4) is 0 Å². The van der Waals surface area contributed by atoms with Crippen LogP contribution in [0.4, 0.5) is 0 Å². The van der Waals surface area contributed by atoms with E-state index in [9.17, 15) is 0 Å². The Labute approximate surface area is 71.6 Å². The Morgan fingerprint density at radius 1 is 1.42 bits per heavy atom. The normalized spacial score (nSPS) is 39.2. The Kier molecular flexibility index (Phi) is 1.29. The summed E-state index contributed by atoms with van der Waals surface area (Å²) in [6, 6.07) is 1.46. The van der Waals surface area contributed by atoms with Gasteiger partial charge in [-0.3, -0.25) is 0 Å². The molecule has 2 aliphatic rings. The van der Waals surface area contributed by atoms with Crippen molar-refractivity contribution in [3.05, 3.63) is 18.2 Å². The van der Waals surface area contributed by atoms with Crippen LogP contribution in [-0.2, 0) is 0 Å². The molecule has 1 aromatic rings. The van der Waals surface area contributed by atoms with Gasteiger partial charge in [-0.25, -0.2) is 4.98 Å². The molecule has 0 aromatic carbocycles. The van der Waals surface area contributed by atoms with E-state index < -0.39 is 0 Å². The Balaban J connectivity index is 1.87. The molecule has 64 valence electrons. The fraction of sp³-hybridized carbons (Fsp3) is 0.667. The van der Waals surface area contributed by atoms with Crippen molar-refractivity contribution in [3.63, 3.8) is 0 Å². The molecule has 0 aliphatic carbocycles. The van der Waals surface area contributed by atoms with Gasteiger partial charge in [0.25, 0.3) is 0 Å². The van der Waals surface area contributed by atoms with Gasteiger partial charge in [-0.05, 0) is 19.3 Å². The molecular formula is C9H13N3. The van der Waals surface area contributed by atoms with Crippen molar-refractivity contribution in [2.24, 2.45) is 0 Å². The van der Waals surface area contributed by atoms with E-state index >= 15 is 0 Å². The Hall–Kier alpha value is -0.830. The Bertz CT molecular complexity index is 267. The standard InChI is InChI=1S/C9H13N3/c1-2-8-7(5-6(1)12-8)9-10-3-4-11-9/h3-4,6-8,12H,1-2,5H2,(H,10,11). The molecule has 0 spiro atoms. The van der Waals surface area contributed by atoms with E-state index in [0.717, 1.165) is 6.04 Å². The van der Waals surface area contributed by atoms with Crippen LogP contribution in [0, 0.1) is 0 Å². The lowest BCUT2D eigenvalue weighted by atomic mass is 9.89. The third kappa shape index (κ3) is 0.829. The summed E-state index contributed by atoms with van der Waals surface area (Å²) in [5.41, 5.74) is 0. The third-order valence-electron chi connectivity index (χ3n) is 3.17.